The van der Waals surface area contributed by atoms with Gasteiger partial charge in [0.1, 0.15) is 6.04 Å². The standard InChI is InChI=1S/C13H18N2O4/c1-19-8-10(14)13(18)15-11-5-3-2-4-9(11)6-7-12(16)17/h2-5,10H,6-8,14H2,1H3,(H,15,18)(H,16,17). The highest BCUT2D eigenvalue weighted by Crippen LogP contribution is 2.17. The number of hydrogen-bond acceptors (Lipinski definition) is 4. The Morgan fingerprint density at radius 2 is 2.11 bits per heavy atom. The van der Waals surface area contributed by atoms with E-state index in [1.54, 1.807) is 24.3 Å². The van der Waals surface area contributed by atoms with Crippen molar-refractivity contribution in [2.45, 2.75) is 18.9 Å². The number of carboxylic acid groups (broad SMARTS) is 1. The second-order valence-corrected chi connectivity index (χ2v) is 4.10. The SMILES string of the molecule is COCC(N)C(=O)Nc1ccccc1CCC(=O)O. The zero-order valence-corrected chi connectivity index (χ0v) is 10.8. The van der Waals surface area contributed by atoms with Crippen LogP contribution in [0.4, 0.5) is 5.69 Å². The van der Waals surface area contributed by atoms with Crippen LogP contribution in [0.25, 0.3) is 0 Å². The van der Waals surface area contributed by atoms with Gasteiger partial charge in [-0.05, 0) is 18.1 Å². The number of rotatable bonds is 7. The lowest BCUT2D eigenvalue weighted by atomic mass is 10.1. The molecule has 1 aromatic carbocycles. The summed E-state index contributed by atoms with van der Waals surface area (Å²) in [7, 11) is 1.47. The predicted molar refractivity (Wildman–Crippen MR) is 70.9 cm³/mol. The van der Waals surface area contributed by atoms with Gasteiger partial charge in [0.05, 0.1) is 6.61 Å². The molecule has 0 fully saturated rings. The third-order valence-corrected chi connectivity index (χ3v) is 2.57. The second-order valence-electron chi connectivity index (χ2n) is 4.10. The number of carboxylic acids is 1. The number of amides is 1. The maximum absolute atomic E-state index is 11.8. The number of benzene rings is 1. The lowest BCUT2D eigenvalue weighted by molar-refractivity contribution is -0.137. The number of aliphatic carboxylic acids is 1. The van der Waals surface area contributed by atoms with E-state index in [1.165, 1.54) is 7.11 Å². The lowest BCUT2D eigenvalue weighted by Crippen LogP contribution is -2.39. The molecule has 104 valence electrons. The Kier molecular flexibility index (Phi) is 5.98. The summed E-state index contributed by atoms with van der Waals surface area (Å²) in [4.78, 5) is 22.3. The summed E-state index contributed by atoms with van der Waals surface area (Å²) < 4.78 is 4.81. The molecule has 1 atom stereocenters. The molecule has 0 radical (unpaired) electrons. The van der Waals surface area contributed by atoms with Crippen LogP contribution >= 0.6 is 0 Å². The van der Waals surface area contributed by atoms with Crippen LogP contribution in [0.5, 0.6) is 0 Å². The van der Waals surface area contributed by atoms with Crippen molar-refractivity contribution >= 4 is 17.6 Å². The van der Waals surface area contributed by atoms with Crippen LogP contribution in [0.2, 0.25) is 0 Å². The molecule has 0 aliphatic rings. The summed E-state index contributed by atoms with van der Waals surface area (Å²) in [5, 5.41) is 11.4. The van der Waals surface area contributed by atoms with Crippen molar-refractivity contribution in [1.29, 1.82) is 0 Å². The Bertz CT molecular complexity index is 448. The molecule has 0 aromatic heterocycles. The van der Waals surface area contributed by atoms with Crippen LogP contribution < -0.4 is 11.1 Å². The van der Waals surface area contributed by atoms with Gasteiger partial charge in [0.25, 0.3) is 0 Å². The molecule has 0 bridgehead atoms. The van der Waals surface area contributed by atoms with Crippen molar-refractivity contribution in [3.8, 4) is 0 Å². The molecular formula is C13H18N2O4. The molecule has 4 N–H and O–H groups in total. The van der Waals surface area contributed by atoms with Gasteiger partial charge in [-0.25, -0.2) is 0 Å². The molecule has 0 aliphatic carbocycles. The molecule has 0 aliphatic heterocycles. The van der Waals surface area contributed by atoms with Gasteiger partial charge in [-0.1, -0.05) is 18.2 Å². The Morgan fingerprint density at radius 3 is 2.74 bits per heavy atom. The van der Waals surface area contributed by atoms with E-state index >= 15 is 0 Å². The highest BCUT2D eigenvalue weighted by Gasteiger charge is 2.14. The molecule has 19 heavy (non-hydrogen) atoms. The molecule has 1 rings (SSSR count). The molecule has 0 heterocycles. The number of hydrogen-bond donors (Lipinski definition) is 3. The molecular weight excluding hydrogens is 248 g/mol. The maximum Gasteiger partial charge on any atom is 0.303 e. The number of methoxy groups -OCH3 is 1. The van der Waals surface area contributed by atoms with Crippen LogP contribution in [0.3, 0.4) is 0 Å². The van der Waals surface area contributed by atoms with E-state index < -0.39 is 12.0 Å². The predicted octanol–water partition coefficient (Wildman–Crippen LogP) is 0.616. The van der Waals surface area contributed by atoms with Gasteiger partial charge in [0, 0.05) is 19.2 Å². The number of para-hydroxylation sites is 1. The van der Waals surface area contributed by atoms with Crippen LogP contribution in [-0.2, 0) is 20.7 Å². The molecule has 0 saturated carbocycles. The monoisotopic (exact) mass is 266 g/mol. The van der Waals surface area contributed by atoms with Gasteiger partial charge >= 0.3 is 5.97 Å². The minimum atomic E-state index is -0.878. The van der Waals surface area contributed by atoms with Gasteiger partial charge in [0.15, 0.2) is 0 Å². The van der Waals surface area contributed by atoms with E-state index in [1.807, 2.05) is 0 Å². The van der Waals surface area contributed by atoms with Gasteiger partial charge in [0.2, 0.25) is 5.91 Å². The first-order valence-corrected chi connectivity index (χ1v) is 5.89. The van der Waals surface area contributed by atoms with Gasteiger partial charge in [-0.3, -0.25) is 9.59 Å². The average Bonchev–Trinajstić information content (AvgIpc) is 2.37. The van der Waals surface area contributed by atoms with E-state index in [-0.39, 0.29) is 18.9 Å². The number of ether oxygens (including phenoxy) is 1. The summed E-state index contributed by atoms with van der Waals surface area (Å²) in [6, 6.07) is 6.30. The molecule has 6 heteroatoms. The fourth-order valence-electron chi connectivity index (χ4n) is 1.58. The van der Waals surface area contributed by atoms with Crippen LogP contribution in [0.15, 0.2) is 24.3 Å². The third kappa shape index (κ3) is 5.07. The third-order valence-electron chi connectivity index (χ3n) is 2.57. The minimum absolute atomic E-state index is 0.0109. The Hall–Kier alpha value is -1.92. The largest absolute Gasteiger partial charge is 0.481 e. The van der Waals surface area contributed by atoms with E-state index in [2.05, 4.69) is 5.32 Å². The van der Waals surface area contributed by atoms with Gasteiger partial charge in [-0.2, -0.15) is 0 Å². The Balaban J connectivity index is 2.71. The van der Waals surface area contributed by atoms with Crippen LogP contribution in [0, 0.1) is 0 Å². The fourth-order valence-corrected chi connectivity index (χ4v) is 1.58. The molecule has 1 unspecified atom stereocenters. The number of carbonyl (C=O) groups is 2. The summed E-state index contributed by atoms with van der Waals surface area (Å²) in [5.74, 6) is -1.23. The van der Waals surface area contributed by atoms with Crippen LogP contribution in [-0.4, -0.2) is 36.7 Å². The van der Waals surface area contributed by atoms with Crippen molar-refractivity contribution in [2.75, 3.05) is 19.0 Å². The van der Waals surface area contributed by atoms with Crippen molar-refractivity contribution in [3.05, 3.63) is 29.8 Å². The molecule has 1 amide bonds. The minimum Gasteiger partial charge on any atom is -0.481 e. The summed E-state index contributed by atoms with van der Waals surface area (Å²) in [6.45, 7) is 0.128. The normalized spacial score (nSPS) is 11.9. The highest BCUT2D eigenvalue weighted by atomic mass is 16.5. The van der Waals surface area contributed by atoms with E-state index in [0.29, 0.717) is 12.1 Å². The summed E-state index contributed by atoms with van der Waals surface area (Å²) in [6.07, 6.45) is 0.363. The van der Waals surface area contributed by atoms with Crippen LogP contribution in [0.1, 0.15) is 12.0 Å². The number of carbonyl (C=O) groups excluding carboxylic acids is 1. The quantitative estimate of drug-likeness (QED) is 0.671. The average molecular weight is 266 g/mol. The van der Waals surface area contributed by atoms with Crippen molar-refractivity contribution in [3.63, 3.8) is 0 Å². The number of anilines is 1. The first kappa shape index (κ1) is 15.1. The van der Waals surface area contributed by atoms with Crippen molar-refractivity contribution < 1.29 is 19.4 Å². The molecule has 6 nitrogen and oxygen atoms in total. The Labute approximate surface area is 111 Å². The molecule has 0 spiro atoms. The van der Waals surface area contributed by atoms with E-state index in [9.17, 15) is 9.59 Å². The maximum atomic E-state index is 11.8. The summed E-state index contributed by atoms with van der Waals surface area (Å²) in [5.41, 5.74) is 6.97. The van der Waals surface area contributed by atoms with Gasteiger partial charge in [-0.15, -0.1) is 0 Å². The van der Waals surface area contributed by atoms with E-state index in [0.717, 1.165) is 5.56 Å². The van der Waals surface area contributed by atoms with Crippen molar-refractivity contribution in [1.82, 2.24) is 0 Å². The Morgan fingerprint density at radius 1 is 1.42 bits per heavy atom. The smallest absolute Gasteiger partial charge is 0.303 e. The van der Waals surface area contributed by atoms with E-state index in [4.69, 9.17) is 15.6 Å². The fraction of sp³-hybridized carbons (Fsp3) is 0.385. The highest BCUT2D eigenvalue weighted by molar-refractivity contribution is 5.95. The number of nitrogens with one attached hydrogen (secondary N) is 1. The topological polar surface area (TPSA) is 102 Å². The lowest BCUT2D eigenvalue weighted by Gasteiger charge is -2.14. The first-order chi connectivity index (χ1) is 9.04. The second kappa shape index (κ2) is 7.50. The molecule has 1 aromatic rings. The zero-order valence-electron chi connectivity index (χ0n) is 10.8. The summed E-state index contributed by atoms with van der Waals surface area (Å²) >= 11 is 0. The van der Waals surface area contributed by atoms with Crippen molar-refractivity contribution in [2.24, 2.45) is 5.73 Å². The number of nitrogens with two attached hydrogens (primary N) is 1. The number of aryl methyl sites for hydroxylation is 1. The van der Waals surface area contributed by atoms with Gasteiger partial charge < -0.3 is 20.9 Å². The zero-order chi connectivity index (χ0) is 14.3. The first-order valence-electron chi connectivity index (χ1n) is 5.89. The molecule has 0 saturated heterocycles.